The van der Waals surface area contributed by atoms with E-state index in [2.05, 4.69) is 0 Å². The Labute approximate surface area is 91.5 Å². The first-order valence-corrected chi connectivity index (χ1v) is 5.44. The first kappa shape index (κ1) is 12.3. The van der Waals surface area contributed by atoms with Gasteiger partial charge in [0, 0.05) is 13.6 Å². The van der Waals surface area contributed by atoms with E-state index >= 15 is 0 Å². The van der Waals surface area contributed by atoms with E-state index in [0.717, 1.165) is 26.0 Å². The van der Waals surface area contributed by atoms with E-state index in [-0.39, 0.29) is 6.09 Å². The monoisotopic (exact) mass is 215 g/mol. The molecular formula is C11H21NO3. The number of amides is 1. The van der Waals surface area contributed by atoms with Gasteiger partial charge in [0.2, 0.25) is 0 Å². The van der Waals surface area contributed by atoms with E-state index in [9.17, 15) is 4.79 Å². The number of ether oxygens (including phenoxy) is 2. The third-order valence-corrected chi connectivity index (χ3v) is 2.13. The van der Waals surface area contributed by atoms with Crippen molar-refractivity contribution >= 4 is 6.09 Å². The van der Waals surface area contributed by atoms with Gasteiger partial charge >= 0.3 is 6.09 Å². The number of carbonyl (C=O) groups is 1. The van der Waals surface area contributed by atoms with Crippen molar-refractivity contribution in [2.24, 2.45) is 0 Å². The summed E-state index contributed by atoms with van der Waals surface area (Å²) in [4.78, 5) is 13.1. The summed E-state index contributed by atoms with van der Waals surface area (Å²) in [6, 6.07) is 0. The molecule has 0 aromatic heterocycles. The van der Waals surface area contributed by atoms with Crippen LogP contribution in [0.15, 0.2) is 0 Å². The van der Waals surface area contributed by atoms with Crippen molar-refractivity contribution in [3.8, 4) is 0 Å². The first-order valence-electron chi connectivity index (χ1n) is 5.44. The third-order valence-electron chi connectivity index (χ3n) is 2.13. The molecule has 0 saturated carbocycles. The average molecular weight is 215 g/mol. The van der Waals surface area contributed by atoms with Crippen LogP contribution in [0.25, 0.3) is 0 Å². The lowest BCUT2D eigenvalue weighted by molar-refractivity contribution is 0.0295. The van der Waals surface area contributed by atoms with Crippen LogP contribution < -0.4 is 0 Å². The maximum absolute atomic E-state index is 11.5. The average Bonchev–Trinajstić information content (AvgIpc) is 2.84. The molecular weight excluding hydrogens is 194 g/mol. The number of hydrogen-bond acceptors (Lipinski definition) is 3. The van der Waals surface area contributed by atoms with Crippen LogP contribution in [0.3, 0.4) is 0 Å². The molecule has 0 aromatic rings. The number of rotatable bonds is 4. The van der Waals surface area contributed by atoms with Crippen molar-refractivity contribution in [3.05, 3.63) is 0 Å². The van der Waals surface area contributed by atoms with Gasteiger partial charge in [-0.3, -0.25) is 0 Å². The van der Waals surface area contributed by atoms with Gasteiger partial charge in [-0.2, -0.15) is 0 Å². The highest BCUT2D eigenvalue weighted by atomic mass is 16.6. The van der Waals surface area contributed by atoms with Crippen LogP contribution in [0.2, 0.25) is 0 Å². The van der Waals surface area contributed by atoms with Gasteiger partial charge in [-0.25, -0.2) is 4.79 Å². The molecule has 1 saturated heterocycles. The topological polar surface area (TPSA) is 42.1 Å². The molecule has 0 aliphatic carbocycles. The molecule has 1 rings (SSSR count). The molecule has 0 radical (unpaired) electrons. The zero-order valence-electron chi connectivity index (χ0n) is 10.1. The molecule has 1 aliphatic rings. The fraction of sp³-hybridized carbons (Fsp3) is 0.909. The molecule has 4 heteroatoms. The largest absolute Gasteiger partial charge is 0.444 e. The smallest absolute Gasteiger partial charge is 0.410 e. The summed E-state index contributed by atoms with van der Waals surface area (Å²) in [7, 11) is 1.77. The Morgan fingerprint density at radius 2 is 2.13 bits per heavy atom. The van der Waals surface area contributed by atoms with Crippen LogP contribution >= 0.6 is 0 Å². The molecule has 4 nitrogen and oxygen atoms in total. The van der Waals surface area contributed by atoms with Crippen LogP contribution in [0.5, 0.6) is 0 Å². The molecule has 0 bridgehead atoms. The minimum Gasteiger partial charge on any atom is -0.444 e. The number of carbonyl (C=O) groups excluding carboxylic acids is 1. The molecule has 1 aliphatic heterocycles. The predicted octanol–water partition coefficient (Wildman–Crippen LogP) is 2.03. The SMILES string of the molecule is CN(CCC[C@H]1CO1)C(=O)OC(C)(C)C. The van der Waals surface area contributed by atoms with Crippen molar-refractivity contribution < 1.29 is 14.3 Å². The van der Waals surface area contributed by atoms with E-state index in [0.29, 0.717) is 6.10 Å². The maximum atomic E-state index is 11.5. The third kappa shape index (κ3) is 5.62. The molecule has 0 spiro atoms. The van der Waals surface area contributed by atoms with E-state index in [1.54, 1.807) is 11.9 Å². The number of hydrogen-bond donors (Lipinski definition) is 0. The summed E-state index contributed by atoms with van der Waals surface area (Å²) in [6.07, 6.45) is 2.20. The Morgan fingerprint density at radius 3 is 2.60 bits per heavy atom. The highest BCUT2D eigenvalue weighted by molar-refractivity contribution is 5.67. The second-order valence-corrected chi connectivity index (χ2v) is 5.00. The van der Waals surface area contributed by atoms with Crippen LogP contribution in [0, 0.1) is 0 Å². The molecule has 1 amide bonds. The van der Waals surface area contributed by atoms with Crippen LogP contribution in [-0.2, 0) is 9.47 Å². The zero-order valence-corrected chi connectivity index (χ0v) is 10.1. The van der Waals surface area contributed by atoms with Crippen molar-refractivity contribution in [2.45, 2.75) is 45.3 Å². The highest BCUT2D eigenvalue weighted by Gasteiger charge is 2.23. The second kappa shape index (κ2) is 4.84. The van der Waals surface area contributed by atoms with Gasteiger partial charge in [-0.05, 0) is 33.6 Å². The summed E-state index contributed by atoms with van der Waals surface area (Å²) >= 11 is 0. The van der Waals surface area contributed by atoms with Crippen LogP contribution in [-0.4, -0.2) is 42.9 Å². The Kier molecular flexibility index (Phi) is 3.97. The number of nitrogens with zero attached hydrogens (tertiary/aromatic N) is 1. The van der Waals surface area contributed by atoms with Gasteiger partial charge in [0.15, 0.2) is 0 Å². The lowest BCUT2D eigenvalue weighted by Crippen LogP contribution is -2.34. The van der Waals surface area contributed by atoms with Gasteiger partial charge in [0.05, 0.1) is 12.7 Å². The van der Waals surface area contributed by atoms with E-state index < -0.39 is 5.60 Å². The zero-order chi connectivity index (χ0) is 11.5. The highest BCUT2D eigenvalue weighted by Crippen LogP contribution is 2.16. The summed E-state index contributed by atoms with van der Waals surface area (Å²) < 4.78 is 10.3. The summed E-state index contributed by atoms with van der Waals surface area (Å²) in [5.41, 5.74) is -0.412. The molecule has 15 heavy (non-hydrogen) atoms. The van der Waals surface area contributed by atoms with Gasteiger partial charge < -0.3 is 14.4 Å². The normalized spacial score (nSPS) is 19.9. The number of epoxide rings is 1. The van der Waals surface area contributed by atoms with Gasteiger partial charge in [0.1, 0.15) is 5.60 Å². The summed E-state index contributed by atoms with van der Waals surface area (Å²) in [5.74, 6) is 0. The molecule has 0 N–H and O–H groups in total. The molecule has 1 atom stereocenters. The molecule has 1 heterocycles. The lowest BCUT2D eigenvalue weighted by atomic mass is 10.2. The summed E-state index contributed by atoms with van der Waals surface area (Å²) in [5, 5.41) is 0. The van der Waals surface area contributed by atoms with Crippen LogP contribution in [0.1, 0.15) is 33.6 Å². The second-order valence-electron chi connectivity index (χ2n) is 5.00. The van der Waals surface area contributed by atoms with Crippen molar-refractivity contribution in [3.63, 3.8) is 0 Å². The molecule has 0 unspecified atom stereocenters. The predicted molar refractivity (Wildman–Crippen MR) is 57.8 cm³/mol. The Balaban J connectivity index is 2.13. The minimum atomic E-state index is -0.412. The van der Waals surface area contributed by atoms with Crippen LogP contribution in [0.4, 0.5) is 4.79 Å². The van der Waals surface area contributed by atoms with E-state index in [1.165, 1.54) is 0 Å². The van der Waals surface area contributed by atoms with Gasteiger partial charge in [0.25, 0.3) is 0 Å². The Hall–Kier alpha value is -0.770. The lowest BCUT2D eigenvalue weighted by Gasteiger charge is -2.24. The standard InChI is InChI=1S/C11H21NO3/c1-11(2,3)15-10(13)12(4)7-5-6-9-8-14-9/h9H,5-8H2,1-4H3/t9-/m0/s1. The van der Waals surface area contributed by atoms with Crippen molar-refractivity contribution in [1.29, 1.82) is 0 Å². The van der Waals surface area contributed by atoms with Gasteiger partial charge in [-0.1, -0.05) is 0 Å². The van der Waals surface area contributed by atoms with Crippen molar-refractivity contribution in [2.75, 3.05) is 20.2 Å². The fourth-order valence-corrected chi connectivity index (χ4v) is 1.22. The Bertz CT molecular complexity index is 218. The van der Waals surface area contributed by atoms with Gasteiger partial charge in [-0.15, -0.1) is 0 Å². The summed E-state index contributed by atoms with van der Waals surface area (Å²) in [6.45, 7) is 7.23. The van der Waals surface area contributed by atoms with E-state index in [4.69, 9.17) is 9.47 Å². The van der Waals surface area contributed by atoms with E-state index in [1.807, 2.05) is 20.8 Å². The quantitative estimate of drug-likeness (QED) is 0.674. The van der Waals surface area contributed by atoms with Crippen molar-refractivity contribution in [1.82, 2.24) is 4.90 Å². The first-order chi connectivity index (χ1) is 6.88. The fourth-order valence-electron chi connectivity index (χ4n) is 1.22. The molecule has 0 aromatic carbocycles. The molecule has 88 valence electrons. The molecule has 1 fully saturated rings. The maximum Gasteiger partial charge on any atom is 0.410 e. The Morgan fingerprint density at radius 1 is 1.53 bits per heavy atom. The minimum absolute atomic E-state index is 0.251.